The Balaban J connectivity index is 1.48. The van der Waals surface area contributed by atoms with E-state index in [-0.39, 0.29) is 0 Å². The minimum Gasteiger partial charge on any atom is -0.490 e. The molecule has 0 amide bonds. The van der Waals surface area contributed by atoms with Crippen molar-refractivity contribution in [3.8, 4) is 0 Å². The molecule has 1 aliphatic carbocycles. The van der Waals surface area contributed by atoms with Crippen LogP contribution in [0, 0.1) is 5.41 Å². The van der Waals surface area contributed by atoms with Crippen molar-refractivity contribution in [3.05, 3.63) is 54.0 Å². The zero-order valence-electron chi connectivity index (χ0n) is 20.8. The second-order valence-electron chi connectivity index (χ2n) is 9.42. The van der Waals surface area contributed by atoms with Gasteiger partial charge in [-0.3, -0.25) is 10.3 Å². The van der Waals surface area contributed by atoms with Crippen molar-refractivity contribution in [2.75, 3.05) is 58.7 Å². The molecule has 3 aromatic rings. The Morgan fingerprint density at radius 1 is 1.17 bits per heavy atom. The minimum atomic E-state index is 0.391. The molecule has 0 bridgehead atoms. The van der Waals surface area contributed by atoms with E-state index in [2.05, 4.69) is 15.1 Å². The van der Waals surface area contributed by atoms with E-state index in [9.17, 15) is 0 Å². The summed E-state index contributed by atoms with van der Waals surface area (Å²) in [5.41, 5.74) is 4.36. The monoisotopic (exact) mass is 474 g/mol. The number of likely N-dealkylation sites (tertiary alicyclic amines) is 1. The first-order valence-electron chi connectivity index (χ1n) is 12.3. The lowest BCUT2D eigenvalue weighted by Crippen LogP contribution is -2.25. The van der Waals surface area contributed by atoms with Crippen LogP contribution >= 0.6 is 0 Å². The Bertz CT molecular complexity index is 1280. The fourth-order valence-electron chi connectivity index (χ4n) is 4.66. The third-order valence-corrected chi connectivity index (χ3v) is 6.56. The number of hydrogen-bond acceptors (Lipinski definition) is 7. The van der Waals surface area contributed by atoms with Gasteiger partial charge in [0.05, 0.1) is 22.6 Å². The predicted molar refractivity (Wildman–Crippen MR) is 141 cm³/mol. The molecule has 5 rings (SSSR count). The predicted octanol–water partition coefficient (Wildman–Crippen LogP) is 3.25. The van der Waals surface area contributed by atoms with E-state index >= 15 is 0 Å². The Kier molecular flexibility index (Phi) is 6.70. The van der Waals surface area contributed by atoms with Crippen molar-refractivity contribution in [2.45, 2.75) is 12.8 Å². The van der Waals surface area contributed by atoms with E-state index in [1.165, 1.54) is 12.8 Å². The highest BCUT2D eigenvalue weighted by atomic mass is 16.5. The van der Waals surface area contributed by atoms with Crippen LogP contribution in [0.3, 0.4) is 0 Å². The van der Waals surface area contributed by atoms with Crippen LogP contribution in [-0.2, 0) is 11.8 Å². The molecule has 4 heterocycles. The zero-order valence-corrected chi connectivity index (χ0v) is 20.8. The highest BCUT2D eigenvalue weighted by Gasteiger charge is 2.26. The molecule has 1 aliphatic heterocycles. The summed E-state index contributed by atoms with van der Waals surface area (Å²) in [6.07, 6.45) is 8.33. The van der Waals surface area contributed by atoms with Gasteiger partial charge in [0.2, 0.25) is 0 Å². The van der Waals surface area contributed by atoms with Crippen LogP contribution in [0.25, 0.3) is 11.3 Å². The van der Waals surface area contributed by atoms with Crippen LogP contribution in [0.2, 0.25) is 0 Å². The van der Waals surface area contributed by atoms with Crippen molar-refractivity contribution in [2.24, 2.45) is 12.0 Å². The summed E-state index contributed by atoms with van der Waals surface area (Å²) in [4.78, 5) is 9.55. The maximum absolute atomic E-state index is 8.91. The summed E-state index contributed by atoms with van der Waals surface area (Å²) in [6.45, 7) is 5.44. The van der Waals surface area contributed by atoms with Gasteiger partial charge in [-0.25, -0.2) is 9.51 Å². The molecule has 0 atom stereocenters. The molecule has 2 aliphatic rings. The number of pyridine rings is 1. The van der Waals surface area contributed by atoms with Gasteiger partial charge in [-0.1, -0.05) is 6.07 Å². The van der Waals surface area contributed by atoms with Crippen LogP contribution in [-0.4, -0.2) is 88.8 Å². The van der Waals surface area contributed by atoms with Crippen LogP contribution < -0.4 is 5.32 Å². The quantitative estimate of drug-likeness (QED) is 0.497. The number of allylic oxidation sites excluding steroid dienone is 1. The number of anilines is 1. The molecular weight excluding hydrogens is 440 g/mol. The van der Waals surface area contributed by atoms with E-state index < -0.39 is 0 Å². The van der Waals surface area contributed by atoms with Gasteiger partial charge in [-0.15, -0.1) is 5.10 Å². The molecule has 0 spiro atoms. The second kappa shape index (κ2) is 10.1. The maximum Gasteiger partial charge on any atom is 0.175 e. The third kappa shape index (κ3) is 4.87. The van der Waals surface area contributed by atoms with Crippen molar-refractivity contribution >= 4 is 34.2 Å². The van der Waals surface area contributed by atoms with Crippen LogP contribution in [0.5, 0.6) is 0 Å². The number of ether oxygens (including phenoxy) is 1. The fraction of sp³-hybridized carbons (Fsp3) is 0.423. The summed E-state index contributed by atoms with van der Waals surface area (Å²) >= 11 is 0. The number of likely N-dealkylation sites (N-methyl/N-ethyl adjacent to an activating group) is 1. The summed E-state index contributed by atoms with van der Waals surface area (Å²) in [6, 6.07) is 7.90. The maximum atomic E-state index is 8.91. The van der Waals surface area contributed by atoms with E-state index in [1.54, 1.807) is 0 Å². The second-order valence-corrected chi connectivity index (χ2v) is 9.42. The van der Waals surface area contributed by atoms with Crippen molar-refractivity contribution < 1.29 is 4.74 Å². The van der Waals surface area contributed by atoms with E-state index in [0.29, 0.717) is 23.8 Å². The first-order chi connectivity index (χ1) is 17.0. The normalized spacial score (nSPS) is 17.4. The van der Waals surface area contributed by atoms with Crippen LogP contribution in [0.4, 0.5) is 11.5 Å². The summed E-state index contributed by atoms with van der Waals surface area (Å²) < 4.78 is 10.1. The lowest BCUT2D eigenvalue weighted by atomic mass is 9.98. The Morgan fingerprint density at radius 3 is 2.80 bits per heavy atom. The Morgan fingerprint density at radius 2 is 2.00 bits per heavy atom. The van der Waals surface area contributed by atoms with E-state index in [4.69, 9.17) is 20.2 Å². The van der Waals surface area contributed by atoms with Crippen molar-refractivity contribution in [1.82, 2.24) is 24.0 Å². The molecule has 3 aromatic heterocycles. The van der Waals surface area contributed by atoms with Crippen LogP contribution in [0.15, 0.2) is 47.7 Å². The number of aliphatic imine (C=N–C) groups is 1. The minimum absolute atomic E-state index is 0.391. The van der Waals surface area contributed by atoms with Gasteiger partial charge in [0, 0.05) is 50.7 Å². The number of hydrogen-bond donors (Lipinski definition) is 2. The highest BCUT2D eigenvalue weighted by Crippen LogP contribution is 2.33. The number of rotatable bonds is 9. The molecule has 0 radical (unpaired) electrons. The van der Waals surface area contributed by atoms with Crippen molar-refractivity contribution in [3.63, 3.8) is 0 Å². The Hall–Kier alpha value is -3.43. The number of fused-ring (bicyclic) bond motifs is 2. The lowest BCUT2D eigenvalue weighted by Gasteiger charge is -2.21. The number of nitrogens with one attached hydrogen (secondary N) is 2. The first-order valence-corrected chi connectivity index (χ1v) is 12.3. The molecule has 35 heavy (non-hydrogen) atoms. The number of nitrogens with zero attached hydrogens (tertiary/aromatic N) is 6. The molecule has 2 N–H and O–H groups in total. The number of aromatic nitrogens is 3. The molecule has 0 saturated carbocycles. The molecule has 184 valence electrons. The fourth-order valence-corrected chi connectivity index (χ4v) is 4.66. The molecule has 9 heteroatoms. The van der Waals surface area contributed by atoms with Gasteiger partial charge >= 0.3 is 0 Å². The zero-order chi connectivity index (χ0) is 24.4. The lowest BCUT2D eigenvalue weighted by molar-refractivity contribution is 0.212. The standard InChI is InChI=1S/C26H34N8O/c1-31(2)15-10-28-26-24(21-8-4-5-13-34(21)30-26)29-20-18-22(35-17-16-33-11-6-7-12-33)25-19(23(20)27)9-14-32(25)3/h4-5,8-9,13-14,18,27H,6-7,10-12,15-17H2,1-3H3,(H,28,30)/b27-23?,29-20+. The number of aryl methyl sites for hydroxylation is 1. The van der Waals surface area contributed by atoms with Crippen molar-refractivity contribution in [1.29, 1.82) is 5.41 Å². The van der Waals surface area contributed by atoms with Gasteiger partial charge < -0.3 is 19.5 Å². The molecule has 9 nitrogen and oxygen atoms in total. The van der Waals surface area contributed by atoms with Gasteiger partial charge in [0.15, 0.2) is 5.82 Å². The van der Waals surface area contributed by atoms with E-state index in [1.807, 2.05) is 73.0 Å². The SMILES string of the molecule is CN(C)CCNc1nn2ccccc2c1/N=C1\C=C(OCCN2CCCC2)c2c(ccn2C)C1=N. The van der Waals surface area contributed by atoms with Gasteiger partial charge in [-0.05, 0) is 58.2 Å². The average molecular weight is 475 g/mol. The largest absolute Gasteiger partial charge is 0.490 e. The summed E-state index contributed by atoms with van der Waals surface area (Å²) in [5.74, 6) is 1.47. The smallest absolute Gasteiger partial charge is 0.175 e. The molecular formula is C26H34N8O. The van der Waals surface area contributed by atoms with Gasteiger partial charge in [-0.2, -0.15) is 0 Å². The molecule has 1 saturated heterocycles. The first kappa shape index (κ1) is 23.3. The average Bonchev–Trinajstić information content (AvgIpc) is 3.57. The van der Waals surface area contributed by atoms with Crippen LogP contribution in [0.1, 0.15) is 24.1 Å². The van der Waals surface area contributed by atoms with Gasteiger partial charge in [0.1, 0.15) is 18.1 Å². The molecule has 0 aromatic carbocycles. The third-order valence-electron chi connectivity index (χ3n) is 6.56. The molecule has 0 unspecified atom stereocenters. The topological polar surface area (TPSA) is 86.2 Å². The summed E-state index contributed by atoms with van der Waals surface area (Å²) in [5, 5.41) is 17.0. The summed E-state index contributed by atoms with van der Waals surface area (Å²) in [7, 11) is 6.08. The van der Waals surface area contributed by atoms with E-state index in [0.717, 1.165) is 60.9 Å². The Labute approximate surface area is 206 Å². The molecule has 1 fully saturated rings. The van der Waals surface area contributed by atoms with Gasteiger partial charge in [0.25, 0.3) is 0 Å². The highest BCUT2D eigenvalue weighted by molar-refractivity contribution is 6.54.